The van der Waals surface area contributed by atoms with Crippen LogP contribution < -0.4 is 14.2 Å². The maximum atomic E-state index is 11.7. The molecule has 0 aliphatic heterocycles. The first kappa shape index (κ1) is 18.7. The molecule has 0 saturated heterocycles. The second-order valence-corrected chi connectivity index (χ2v) is 6.27. The first-order valence-electron chi connectivity index (χ1n) is 6.88. The van der Waals surface area contributed by atoms with Crippen molar-refractivity contribution < 1.29 is 27.4 Å². The van der Waals surface area contributed by atoms with Crippen LogP contribution in [-0.2, 0) is 19.5 Å². The molecule has 0 saturated carbocycles. The first-order valence-corrected chi connectivity index (χ1v) is 8.53. The number of benzene rings is 1. The van der Waals surface area contributed by atoms with E-state index in [0.717, 1.165) is 5.75 Å². The number of ether oxygens (including phenoxy) is 4. The van der Waals surface area contributed by atoms with Crippen LogP contribution in [0.3, 0.4) is 0 Å². The van der Waals surface area contributed by atoms with Gasteiger partial charge >= 0.3 is 0 Å². The van der Waals surface area contributed by atoms with E-state index in [0.29, 0.717) is 19.0 Å². The fourth-order valence-corrected chi connectivity index (χ4v) is 2.40. The van der Waals surface area contributed by atoms with Crippen molar-refractivity contribution in [2.75, 3.05) is 52.9 Å². The second kappa shape index (κ2) is 10.4. The molecule has 22 heavy (non-hydrogen) atoms. The van der Waals surface area contributed by atoms with Gasteiger partial charge in [0.05, 0.1) is 32.7 Å². The molecule has 1 rings (SSSR count). The molecule has 8 heteroatoms. The van der Waals surface area contributed by atoms with Gasteiger partial charge in [0, 0.05) is 13.7 Å². The lowest BCUT2D eigenvalue weighted by atomic mass is 10.3. The number of hydrogen-bond acceptors (Lipinski definition) is 6. The van der Waals surface area contributed by atoms with Gasteiger partial charge in [0.25, 0.3) is 0 Å². The van der Waals surface area contributed by atoms with E-state index in [1.807, 2.05) is 0 Å². The van der Waals surface area contributed by atoms with Crippen molar-refractivity contribution in [3.63, 3.8) is 0 Å². The molecule has 0 amide bonds. The molecule has 0 unspecified atom stereocenters. The van der Waals surface area contributed by atoms with Crippen molar-refractivity contribution in [1.29, 1.82) is 0 Å². The summed E-state index contributed by atoms with van der Waals surface area (Å²) < 4.78 is 46.2. The molecule has 0 radical (unpaired) electrons. The van der Waals surface area contributed by atoms with Crippen LogP contribution in [0.1, 0.15) is 0 Å². The SMILES string of the molecule is COCCOCCS(=O)(=O)NCCOc1ccc(OC)cc1. The van der Waals surface area contributed by atoms with E-state index in [-0.39, 0.29) is 25.5 Å². The summed E-state index contributed by atoms with van der Waals surface area (Å²) in [5.41, 5.74) is 0. The minimum Gasteiger partial charge on any atom is -0.497 e. The molecule has 0 aromatic heterocycles. The highest BCUT2D eigenvalue weighted by atomic mass is 32.2. The summed E-state index contributed by atoms with van der Waals surface area (Å²) in [6.07, 6.45) is 0. The Kier molecular flexibility index (Phi) is 8.83. The summed E-state index contributed by atoms with van der Waals surface area (Å²) in [5.74, 6) is 1.31. The van der Waals surface area contributed by atoms with Crippen molar-refractivity contribution >= 4 is 10.0 Å². The molecule has 126 valence electrons. The fraction of sp³-hybridized carbons (Fsp3) is 0.571. The average molecular weight is 333 g/mol. The van der Waals surface area contributed by atoms with E-state index >= 15 is 0 Å². The van der Waals surface area contributed by atoms with Crippen molar-refractivity contribution in [1.82, 2.24) is 4.72 Å². The van der Waals surface area contributed by atoms with Crippen LogP contribution in [0.15, 0.2) is 24.3 Å². The first-order chi connectivity index (χ1) is 10.6. The summed E-state index contributed by atoms with van der Waals surface area (Å²) in [5, 5.41) is 0. The Morgan fingerprint density at radius 3 is 2.27 bits per heavy atom. The van der Waals surface area contributed by atoms with Crippen LogP contribution in [0.5, 0.6) is 11.5 Å². The van der Waals surface area contributed by atoms with Gasteiger partial charge in [0.15, 0.2) is 0 Å². The summed E-state index contributed by atoms with van der Waals surface area (Å²) >= 11 is 0. The molecule has 1 aromatic rings. The van der Waals surface area contributed by atoms with E-state index in [4.69, 9.17) is 18.9 Å². The Morgan fingerprint density at radius 2 is 1.64 bits per heavy atom. The predicted molar refractivity (Wildman–Crippen MR) is 83.0 cm³/mol. The Balaban J connectivity index is 2.16. The maximum absolute atomic E-state index is 11.7. The van der Waals surface area contributed by atoms with Crippen LogP contribution in [0.25, 0.3) is 0 Å². The van der Waals surface area contributed by atoms with Crippen molar-refractivity contribution in [3.05, 3.63) is 24.3 Å². The van der Waals surface area contributed by atoms with Gasteiger partial charge in [-0.05, 0) is 24.3 Å². The smallest absolute Gasteiger partial charge is 0.213 e. The van der Waals surface area contributed by atoms with Crippen LogP contribution >= 0.6 is 0 Å². The summed E-state index contributed by atoms with van der Waals surface area (Å²) in [6, 6.07) is 7.07. The molecule has 0 atom stereocenters. The summed E-state index contributed by atoms with van der Waals surface area (Å²) in [6.45, 7) is 1.41. The zero-order valence-electron chi connectivity index (χ0n) is 12.9. The lowest BCUT2D eigenvalue weighted by Crippen LogP contribution is -2.32. The Morgan fingerprint density at radius 1 is 0.955 bits per heavy atom. The third-order valence-corrected chi connectivity index (χ3v) is 4.03. The lowest BCUT2D eigenvalue weighted by molar-refractivity contribution is 0.0784. The topological polar surface area (TPSA) is 83.1 Å². The van der Waals surface area contributed by atoms with Gasteiger partial charge in [-0.3, -0.25) is 0 Å². The van der Waals surface area contributed by atoms with Gasteiger partial charge in [-0.1, -0.05) is 0 Å². The van der Waals surface area contributed by atoms with E-state index in [1.165, 1.54) is 0 Å². The van der Waals surface area contributed by atoms with Crippen molar-refractivity contribution in [3.8, 4) is 11.5 Å². The van der Waals surface area contributed by atoms with Gasteiger partial charge in [-0.2, -0.15) is 0 Å². The minimum atomic E-state index is -3.35. The van der Waals surface area contributed by atoms with E-state index in [9.17, 15) is 8.42 Å². The van der Waals surface area contributed by atoms with Gasteiger partial charge in [0.1, 0.15) is 18.1 Å². The predicted octanol–water partition coefficient (Wildman–Crippen LogP) is 0.656. The zero-order valence-corrected chi connectivity index (χ0v) is 13.7. The zero-order chi connectivity index (χ0) is 16.3. The van der Waals surface area contributed by atoms with E-state index in [1.54, 1.807) is 38.5 Å². The van der Waals surface area contributed by atoms with Crippen LogP contribution in [0.4, 0.5) is 0 Å². The van der Waals surface area contributed by atoms with Gasteiger partial charge in [-0.15, -0.1) is 0 Å². The number of sulfonamides is 1. The van der Waals surface area contributed by atoms with Crippen LogP contribution in [0.2, 0.25) is 0 Å². The van der Waals surface area contributed by atoms with Crippen LogP contribution in [0, 0.1) is 0 Å². The fourth-order valence-electron chi connectivity index (χ4n) is 1.52. The average Bonchev–Trinajstić information content (AvgIpc) is 2.52. The molecular formula is C14H23NO6S. The molecule has 7 nitrogen and oxygen atoms in total. The molecule has 0 spiro atoms. The van der Waals surface area contributed by atoms with Crippen LogP contribution in [-0.4, -0.2) is 61.4 Å². The van der Waals surface area contributed by atoms with Gasteiger partial charge in [-0.25, -0.2) is 13.1 Å². The maximum Gasteiger partial charge on any atom is 0.213 e. The normalized spacial score (nSPS) is 11.4. The number of hydrogen-bond donors (Lipinski definition) is 1. The third kappa shape index (κ3) is 8.18. The highest BCUT2D eigenvalue weighted by molar-refractivity contribution is 7.89. The monoisotopic (exact) mass is 333 g/mol. The van der Waals surface area contributed by atoms with E-state index in [2.05, 4.69) is 4.72 Å². The van der Waals surface area contributed by atoms with E-state index < -0.39 is 10.0 Å². The van der Waals surface area contributed by atoms with Crippen molar-refractivity contribution in [2.45, 2.75) is 0 Å². The second-order valence-electron chi connectivity index (χ2n) is 4.34. The van der Waals surface area contributed by atoms with Gasteiger partial charge < -0.3 is 18.9 Å². The standard InChI is InChI=1S/C14H23NO6S/c1-18-9-10-20-11-12-22(16,17)15-7-8-21-14-5-3-13(19-2)4-6-14/h3-6,15H,7-12H2,1-2H3. The molecule has 0 heterocycles. The number of rotatable bonds is 12. The Hall–Kier alpha value is -1.35. The molecule has 0 aliphatic rings. The summed E-state index contributed by atoms with van der Waals surface area (Å²) in [7, 11) is -0.203. The highest BCUT2D eigenvalue weighted by Gasteiger charge is 2.09. The minimum absolute atomic E-state index is 0.0841. The Bertz CT molecular complexity index is 503. The number of nitrogens with one attached hydrogen (secondary N) is 1. The summed E-state index contributed by atoms with van der Waals surface area (Å²) in [4.78, 5) is 0. The highest BCUT2D eigenvalue weighted by Crippen LogP contribution is 2.16. The van der Waals surface area contributed by atoms with Crippen molar-refractivity contribution in [2.24, 2.45) is 0 Å². The molecule has 0 bridgehead atoms. The number of methoxy groups -OCH3 is 2. The quantitative estimate of drug-likeness (QED) is 0.566. The molecule has 0 fully saturated rings. The lowest BCUT2D eigenvalue weighted by Gasteiger charge is -2.09. The largest absolute Gasteiger partial charge is 0.497 e. The molecule has 1 aromatic carbocycles. The molecule has 0 aliphatic carbocycles. The molecular weight excluding hydrogens is 310 g/mol. The Labute approximate surface area is 131 Å². The van der Waals surface area contributed by atoms with Gasteiger partial charge in [0.2, 0.25) is 10.0 Å². The molecule has 1 N–H and O–H groups in total. The third-order valence-electron chi connectivity index (χ3n) is 2.68.